The summed E-state index contributed by atoms with van der Waals surface area (Å²) in [7, 11) is 4.90. The SMILES string of the molecule is COC(=O)Cc1cc(N(C)C)ccc1[N+](=O)[O-]. The molecule has 0 fully saturated rings. The van der Waals surface area contributed by atoms with E-state index >= 15 is 0 Å². The van der Waals surface area contributed by atoms with E-state index < -0.39 is 10.9 Å². The molecule has 0 aromatic heterocycles. The Morgan fingerprint density at radius 2 is 2.12 bits per heavy atom. The lowest BCUT2D eigenvalue weighted by molar-refractivity contribution is -0.385. The van der Waals surface area contributed by atoms with Gasteiger partial charge in [-0.1, -0.05) is 0 Å². The number of nitro benzene ring substituents is 1. The predicted octanol–water partition coefficient (Wildman–Crippen LogP) is 1.38. The second kappa shape index (κ2) is 5.29. The highest BCUT2D eigenvalue weighted by molar-refractivity contribution is 5.75. The molecule has 0 amide bonds. The molecule has 6 heteroatoms. The lowest BCUT2D eigenvalue weighted by Crippen LogP contribution is -2.11. The highest BCUT2D eigenvalue weighted by Gasteiger charge is 2.17. The number of benzene rings is 1. The zero-order valence-electron chi connectivity index (χ0n) is 9.97. The first-order chi connectivity index (χ1) is 7.95. The summed E-state index contributed by atoms with van der Waals surface area (Å²) in [6.45, 7) is 0. The molecule has 0 spiro atoms. The van der Waals surface area contributed by atoms with E-state index in [0.29, 0.717) is 5.56 Å². The molecule has 0 N–H and O–H groups in total. The Kier molecular flexibility index (Phi) is 4.03. The van der Waals surface area contributed by atoms with Crippen LogP contribution in [0.15, 0.2) is 18.2 Å². The maximum absolute atomic E-state index is 11.2. The summed E-state index contributed by atoms with van der Waals surface area (Å²) >= 11 is 0. The quantitative estimate of drug-likeness (QED) is 0.450. The summed E-state index contributed by atoms with van der Waals surface area (Å²) in [4.78, 5) is 23.3. The topological polar surface area (TPSA) is 72.7 Å². The van der Waals surface area contributed by atoms with Crippen molar-refractivity contribution in [2.75, 3.05) is 26.1 Å². The largest absolute Gasteiger partial charge is 0.469 e. The van der Waals surface area contributed by atoms with Crippen LogP contribution in [0.3, 0.4) is 0 Å². The number of anilines is 1. The summed E-state index contributed by atoms with van der Waals surface area (Å²) < 4.78 is 4.51. The van der Waals surface area contributed by atoms with Crippen molar-refractivity contribution in [3.63, 3.8) is 0 Å². The van der Waals surface area contributed by atoms with Crippen LogP contribution in [0.2, 0.25) is 0 Å². The maximum atomic E-state index is 11.2. The van der Waals surface area contributed by atoms with Crippen LogP contribution in [0.1, 0.15) is 5.56 Å². The van der Waals surface area contributed by atoms with Gasteiger partial charge in [-0.05, 0) is 12.1 Å². The number of hydrogen-bond acceptors (Lipinski definition) is 5. The van der Waals surface area contributed by atoms with Crippen molar-refractivity contribution in [3.05, 3.63) is 33.9 Å². The molecule has 0 unspecified atom stereocenters. The van der Waals surface area contributed by atoms with E-state index in [9.17, 15) is 14.9 Å². The minimum Gasteiger partial charge on any atom is -0.469 e. The fourth-order valence-electron chi connectivity index (χ4n) is 1.40. The van der Waals surface area contributed by atoms with Gasteiger partial charge in [0.2, 0.25) is 0 Å². The Morgan fingerprint density at radius 3 is 2.59 bits per heavy atom. The minimum absolute atomic E-state index is 0.0685. The van der Waals surface area contributed by atoms with Crippen LogP contribution in [-0.2, 0) is 16.0 Å². The highest BCUT2D eigenvalue weighted by Crippen LogP contribution is 2.24. The molecule has 0 bridgehead atoms. The van der Waals surface area contributed by atoms with Crippen molar-refractivity contribution < 1.29 is 14.5 Å². The summed E-state index contributed by atoms with van der Waals surface area (Å²) in [6.07, 6.45) is -0.103. The number of ether oxygens (including phenoxy) is 1. The standard InChI is InChI=1S/C11H14N2O4/c1-12(2)9-4-5-10(13(15)16)8(6-9)7-11(14)17-3/h4-6H,7H2,1-3H3. The predicted molar refractivity (Wildman–Crippen MR) is 63.1 cm³/mol. The fraction of sp³-hybridized carbons (Fsp3) is 0.364. The summed E-state index contributed by atoms with van der Waals surface area (Å²) in [5.74, 6) is -0.496. The number of esters is 1. The summed E-state index contributed by atoms with van der Waals surface area (Å²) in [6, 6.07) is 4.65. The van der Waals surface area contributed by atoms with E-state index in [2.05, 4.69) is 4.74 Å². The molecule has 6 nitrogen and oxygen atoms in total. The van der Waals surface area contributed by atoms with Crippen LogP contribution in [0.25, 0.3) is 0 Å². The fourth-order valence-corrected chi connectivity index (χ4v) is 1.40. The number of rotatable bonds is 4. The van der Waals surface area contributed by atoms with Crippen LogP contribution in [-0.4, -0.2) is 32.1 Å². The first-order valence-corrected chi connectivity index (χ1v) is 4.97. The van der Waals surface area contributed by atoms with Crippen molar-refractivity contribution in [2.24, 2.45) is 0 Å². The van der Waals surface area contributed by atoms with Gasteiger partial charge in [0.15, 0.2) is 0 Å². The molecule has 1 aromatic rings. The molecule has 1 rings (SSSR count). The monoisotopic (exact) mass is 238 g/mol. The van der Waals surface area contributed by atoms with Gasteiger partial charge in [-0.3, -0.25) is 14.9 Å². The van der Waals surface area contributed by atoms with E-state index in [4.69, 9.17) is 0 Å². The maximum Gasteiger partial charge on any atom is 0.310 e. The summed E-state index contributed by atoms with van der Waals surface area (Å²) in [5.41, 5.74) is 1.09. The Labute approximate surface area is 98.9 Å². The van der Waals surface area contributed by atoms with Gasteiger partial charge in [0.25, 0.3) is 5.69 Å². The van der Waals surface area contributed by atoms with Gasteiger partial charge in [0.05, 0.1) is 18.5 Å². The van der Waals surface area contributed by atoms with Gasteiger partial charge < -0.3 is 9.64 Å². The van der Waals surface area contributed by atoms with E-state index in [0.717, 1.165) is 5.69 Å². The molecule has 0 heterocycles. The van der Waals surface area contributed by atoms with Crippen molar-refractivity contribution in [2.45, 2.75) is 6.42 Å². The van der Waals surface area contributed by atoms with Crippen molar-refractivity contribution >= 4 is 17.3 Å². The third-order valence-electron chi connectivity index (χ3n) is 2.34. The van der Waals surface area contributed by atoms with Gasteiger partial charge in [0.1, 0.15) is 0 Å². The molecule has 0 saturated carbocycles. The van der Waals surface area contributed by atoms with E-state index in [1.165, 1.54) is 13.2 Å². The van der Waals surface area contributed by atoms with E-state index in [1.54, 1.807) is 12.1 Å². The Balaban J connectivity index is 3.15. The van der Waals surface area contributed by atoms with Gasteiger partial charge >= 0.3 is 5.97 Å². The van der Waals surface area contributed by atoms with Crippen molar-refractivity contribution in [1.82, 2.24) is 0 Å². The zero-order valence-corrected chi connectivity index (χ0v) is 9.97. The molecular weight excluding hydrogens is 224 g/mol. The van der Waals surface area contributed by atoms with Crippen LogP contribution in [0.5, 0.6) is 0 Å². The molecule has 0 atom stereocenters. The number of nitrogens with zero attached hydrogens (tertiary/aromatic N) is 2. The lowest BCUT2D eigenvalue weighted by atomic mass is 10.1. The smallest absolute Gasteiger partial charge is 0.310 e. The molecule has 17 heavy (non-hydrogen) atoms. The number of methoxy groups -OCH3 is 1. The van der Waals surface area contributed by atoms with Crippen molar-refractivity contribution in [3.8, 4) is 0 Å². The average molecular weight is 238 g/mol. The van der Waals surface area contributed by atoms with Gasteiger partial charge in [-0.25, -0.2) is 0 Å². The number of hydrogen-bond donors (Lipinski definition) is 0. The second-order valence-electron chi connectivity index (χ2n) is 3.72. The van der Waals surface area contributed by atoms with Crippen LogP contribution >= 0.6 is 0 Å². The van der Waals surface area contributed by atoms with Crippen LogP contribution < -0.4 is 4.90 Å². The Morgan fingerprint density at radius 1 is 1.47 bits per heavy atom. The molecular formula is C11H14N2O4. The van der Waals surface area contributed by atoms with Crippen LogP contribution in [0.4, 0.5) is 11.4 Å². The van der Waals surface area contributed by atoms with E-state index in [-0.39, 0.29) is 12.1 Å². The van der Waals surface area contributed by atoms with Gasteiger partial charge in [0, 0.05) is 31.4 Å². The first kappa shape index (κ1) is 13.0. The third kappa shape index (κ3) is 3.17. The molecule has 0 radical (unpaired) electrons. The Bertz CT molecular complexity index is 443. The second-order valence-corrected chi connectivity index (χ2v) is 3.72. The zero-order chi connectivity index (χ0) is 13.0. The molecule has 0 aliphatic heterocycles. The normalized spacial score (nSPS) is 9.82. The minimum atomic E-state index is -0.502. The number of carbonyl (C=O) groups excluding carboxylic acids is 1. The number of carbonyl (C=O) groups is 1. The van der Waals surface area contributed by atoms with Gasteiger partial charge in [-0.2, -0.15) is 0 Å². The average Bonchev–Trinajstić information content (AvgIpc) is 2.28. The van der Waals surface area contributed by atoms with Crippen LogP contribution in [0, 0.1) is 10.1 Å². The van der Waals surface area contributed by atoms with Gasteiger partial charge in [-0.15, -0.1) is 0 Å². The number of nitro groups is 1. The lowest BCUT2D eigenvalue weighted by Gasteiger charge is -2.13. The molecule has 92 valence electrons. The Hall–Kier alpha value is -2.11. The molecule has 1 aromatic carbocycles. The molecule has 0 aliphatic rings. The molecule has 0 saturated heterocycles. The highest BCUT2D eigenvalue weighted by atomic mass is 16.6. The summed E-state index contributed by atoms with van der Waals surface area (Å²) in [5, 5.41) is 10.8. The third-order valence-corrected chi connectivity index (χ3v) is 2.34. The van der Waals surface area contributed by atoms with Crippen molar-refractivity contribution in [1.29, 1.82) is 0 Å². The molecule has 0 aliphatic carbocycles. The van der Waals surface area contributed by atoms with E-state index in [1.807, 2.05) is 19.0 Å². The first-order valence-electron chi connectivity index (χ1n) is 4.97.